The highest BCUT2D eigenvalue weighted by atomic mass is 35.5. The summed E-state index contributed by atoms with van der Waals surface area (Å²) in [6.45, 7) is 0. The highest BCUT2D eigenvalue weighted by molar-refractivity contribution is 6.17. The van der Waals surface area contributed by atoms with E-state index in [1.165, 1.54) is 4.57 Å². The molecular formula is C11H12ClNO2. The summed E-state index contributed by atoms with van der Waals surface area (Å²) in [6.07, 6.45) is 1.85. The van der Waals surface area contributed by atoms with E-state index in [0.717, 1.165) is 23.9 Å². The molecule has 2 aromatic rings. The van der Waals surface area contributed by atoms with Gasteiger partial charge in [0.25, 0.3) is 0 Å². The lowest BCUT2D eigenvalue weighted by atomic mass is 10.1. The first-order chi connectivity index (χ1) is 7.22. The van der Waals surface area contributed by atoms with Crippen LogP contribution >= 0.6 is 11.6 Å². The van der Waals surface area contributed by atoms with Crippen molar-refractivity contribution in [3.63, 3.8) is 0 Å². The second kappa shape index (κ2) is 4.11. The van der Waals surface area contributed by atoms with Gasteiger partial charge in [-0.15, -0.1) is 11.6 Å². The molecule has 3 nitrogen and oxygen atoms in total. The van der Waals surface area contributed by atoms with Gasteiger partial charge in [0.15, 0.2) is 5.58 Å². The number of fused-ring (bicyclic) bond motifs is 1. The average molecular weight is 226 g/mol. The van der Waals surface area contributed by atoms with Crippen LogP contribution in [0, 0.1) is 0 Å². The molecule has 1 aromatic carbocycles. The summed E-state index contributed by atoms with van der Waals surface area (Å²) in [5.41, 5.74) is 2.63. The number of halogens is 1. The first-order valence-electron chi connectivity index (χ1n) is 4.87. The minimum Gasteiger partial charge on any atom is -0.408 e. The van der Waals surface area contributed by atoms with Gasteiger partial charge in [-0.1, -0.05) is 6.07 Å². The Kier molecular flexibility index (Phi) is 2.82. The Hall–Kier alpha value is -1.22. The lowest BCUT2D eigenvalue weighted by Crippen LogP contribution is -2.08. The van der Waals surface area contributed by atoms with Crippen LogP contribution in [0.5, 0.6) is 0 Å². The number of alkyl halides is 1. The van der Waals surface area contributed by atoms with Crippen LogP contribution in [0.2, 0.25) is 0 Å². The molecule has 0 aliphatic carbocycles. The van der Waals surface area contributed by atoms with E-state index in [-0.39, 0.29) is 5.76 Å². The van der Waals surface area contributed by atoms with Crippen molar-refractivity contribution in [3.8, 4) is 0 Å². The van der Waals surface area contributed by atoms with E-state index in [1.54, 1.807) is 7.05 Å². The number of rotatable bonds is 3. The van der Waals surface area contributed by atoms with Gasteiger partial charge in [0.2, 0.25) is 0 Å². The average Bonchev–Trinajstić information content (AvgIpc) is 2.52. The molecule has 1 aromatic heterocycles. The van der Waals surface area contributed by atoms with Crippen LogP contribution in [0.3, 0.4) is 0 Å². The van der Waals surface area contributed by atoms with Crippen molar-refractivity contribution in [3.05, 3.63) is 34.3 Å². The minimum absolute atomic E-state index is 0.320. The molecule has 15 heavy (non-hydrogen) atoms. The Morgan fingerprint density at radius 1 is 1.47 bits per heavy atom. The van der Waals surface area contributed by atoms with Crippen LogP contribution in [0.25, 0.3) is 11.1 Å². The van der Waals surface area contributed by atoms with Crippen molar-refractivity contribution in [2.75, 3.05) is 5.88 Å². The van der Waals surface area contributed by atoms with E-state index in [2.05, 4.69) is 0 Å². The van der Waals surface area contributed by atoms with Gasteiger partial charge in [0, 0.05) is 12.9 Å². The quantitative estimate of drug-likeness (QED) is 0.752. The summed E-state index contributed by atoms with van der Waals surface area (Å²) in [7, 11) is 1.70. The maximum Gasteiger partial charge on any atom is 0.419 e. The van der Waals surface area contributed by atoms with Crippen LogP contribution in [0.15, 0.2) is 27.4 Å². The number of benzene rings is 1. The monoisotopic (exact) mass is 225 g/mol. The molecule has 80 valence electrons. The number of oxazole rings is 1. The number of hydrogen-bond donors (Lipinski definition) is 0. The standard InChI is InChI=1S/C11H12ClNO2/c1-13-9-5-4-8(3-2-6-12)7-10(9)15-11(13)14/h4-5,7H,2-3,6H2,1H3. The zero-order chi connectivity index (χ0) is 10.8. The summed E-state index contributed by atoms with van der Waals surface area (Å²) in [5.74, 6) is 0.330. The zero-order valence-electron chi connectivity index (χ0n) is 8.50. The first kappa shape index (κ1) is 10.3. The van der Waals surface area contributed by atoms with Crippen molar-refractivity contribution in [1.82, 2.24) is 4.57 Å². The molecule has 0 aliphatic rings. The van der Waals surface area contributed by atoms with Crippen LogP contribution in [0.4, 0.5) is 0 Å². The summed E-state index contributed by atoms with van der Waals surface area (Å²) < 4.78 is 6.59. The van der Waals surface area contributed by atoms with E-state index >= 15 is 0 Å². The predicted molar refractivity (Wildman–Crippen MR) is 60.5 cm³/mol. The maximum atomic E-state index is 11.2. The molecule has 0 bridgehead atoms. The number of nitrogens with zero attached hydrogens (tertiary/aromatic N) is 1. The number of aromatic nitrogens is 1. The fraction of sp³-hybridized carbons (Fsp3) is 0.364. The Morgan fingerprint density at radius 3 is 3.00 bits per heavy atom. The van der Waals surface area contributed by atoms with Crippen LogP contribution in [-0.2, 0) is 13.5 Å². The Bertz CT molecular complexity index is 527. The molecule has 0 atom stereocenters. The maximum absolute atomic E-state index is 11.2. The van der Waals surface area contributed by atoms with E-state index in [4.69, 9.17) is 16.0 Å². The van der Waals surface area contributed by atoms with Gasteiger partial charge in [-0.2, -0.15) is 0 Å². The van der Waals surface area contributed by atoms with Gasteiger partial charge in [-0.3, -0.25) is 4.57 Å². The molecule has 0 saturated carbocycles. The van der Waals surface area contributed by atoms with Crippen molar-refractivity contribution in [2.24, 2.45) is 7.05 Å². The number of hydrogen-bond acceptors (Lipinski definition) is 2. The summed E-state index contributed by atoms with van der Waals surface area (Å²) in [4.78, 5) is 11.2. The minimum atomic E-state index is -0.320. The van der Waals surface area contributed by atoms with Gasteiger partial charge in [0.1, 0.15) is 0 Å². The van der Waals surface area contributed by atoms with Gasteiger partial charge in [-0.05, 0) is 30.5 Å². The van der Waals surface area contributed by atoms with Crippen molar-refractivity contribution in [1.29, 1.82) is 0 Å². The first-order valence-corrected chi connectivity index (χ1v) is 5.40. The highest BCUT2D eigenvalue weighted by Gasteiger charge is 2.05. The third kappa shape index (κ3) is 1.92. The smallest absolute Gasteiger partial charge is 0.408 e. The molecule has 0 fully saturated rings. The van der Waals surface area contributed by atoms with Crippen molar-refractivity contribution < 1.29 is 4.42 Å². The largest absolute Gasteiger partial charge is 0.419 e. The third-order valence-electron chi connectivity index (χ3n) is 2.46. The number of aryl methyl sites for hydroxylation is 2. The fourth-order valence-corrected chi connectivity index (χ4v) is 1.74. The second-order valence-corrected chi connectivity index (χ2v) is 3.90. The lowest BCUT2D eigenvalue weighted by molar-refractivity contribution is 0.528. The van der Waals surface area contributed by atoms with E-state index in [9.17, 15) is 4.79 Å². The SMILES string of the molecule is Cn1c(=O)oc2cc(CCCCl)ccc21. The molecule has 0 spiro atoms. The molecule has 1 heterocycles. The highest BCUT2D eigenvalue weighted by Crippen LogP contribution is 2.15. The molecule has 0 saturated heterocycles. The van der Waals surface area contributed by atoms with E-state index in [1.807, 2.05) is 18.2 Å². The third-order valence-corrected chi connectivity index (χ3v) is 2.72. The molecule has 0 aliphatic heterocycles. The lowest BCUT2D eigenvalue weighted by Gasteiger charge is -1.98. The molecular weight excluding hydrogens is 214 g/mol. The fourth-order valence-electron chi connectivity index (χ4n) is 1.60. The van der Waals surface area contributed by atoms with E-state index < -0.39 is 0 Å². The topological polar surface area (TPSA) is 35.1 Å². The summed E-state index contributed by atoms with van der Waals surface area (Å²) in [6, 6.07) is 5.82. The summed E-state index contributed by atoms with van der Waals surface area (Å²) >= 11 is 5.62. The van der Waals surface area contributed by atoms with Gasteiger partial charge in [-0.25, -0.2) is 4.79 Å². The summed E-state index contributed by atoms with van der Waals surface area (Å²) in [5, 5.41) is 0. The molecule has 4 heteroatoms. The van der Waals surface area contributed by atoms with E-state index in [0.29, 0.717) is 11.5 Å². The van der Waals surface area contributed by atoms with Crippen LogP contribution in [0.1, 0.15) is 12.0 Å². The van der Waals surface area contributed by atoms with Crippen LogP contribution < -0.4 is 5.76 Å². The molecule has 0 unspecified atom stereocenters. The van der Waals surface area contributed by atoms with Crippen LogP contribution in [-0.4, -0.2) is 10.4 Å². The zero-order valence-corrected chi connectivity index (χ0v) is 9.25. The van der Waals surface area contributed by atoms with Gasteiger partial charge < -0.3 is 4.42 Å². The Labute approximate surface area is 92.3 Å². The van der Waals surface area contributed by atoms with Gasteiger partial charge >= 0.3 is 5.76 Å². The van der Waals surface area contributed by atoms with Crippen molar-refractivity contribution >= 4 is 22.7 Å². The Morgan fingerprint density at radius 2 is 2.27 bits per heavy atom. The van der Waals surface area contributed by atoms with Gasteiger partial charge in [0.05, 0.1) is 5.52 Å². The molecule has 0 radical (unpaired) electrons. The second-order valence-electron chi connectivity index (χ2n) is 3.52. The molecule has 0 amide bonds. The molecule has 2 rings (SSSR count). The Balaban J connectivity index is 2.43. The molecule has 0 N–H and O–H groups in total. The normalized spacial score (nSPS) is 11.1. The van der Waals surface area contributed by atoms with Crippen molar-refractivity contribution in [2.45, 2.75) is 12.8 Å². The predicted octanol–water partition coefficient (Wildman–Crippen LogP) is 2.30.